The van der Waals surface area contributed by atoms with Gasteiger partial charge in [0, 0.05) is 23.7 Å². The predicted molar refractivity (Wildman–Crippen MR) is 82.6 cm³/mol. The van der Waals surface area contributed by atoms with E-state index < -0.39 is 4.92 Å². The van der Waals surface area contributed by atoms with E-state index in [9.17, 15) is 14.9 Å². The second kappa shape index (κ2) is 7.95. The highest BCUT2D eigenvalue weighted by molar-refractivity contribution is 5.94. The van der Waals surface area contributed by atoms with Crippen LogP contribution in [0, 0.1) is 16.0 Å². The first-order valence-electron chi connectivity index (χ1n) is 6.87. The summed E-state index contributed by atoms with van der Waals surface area (Å²) >= 11 is 0. The smallest absolute Gasteiger partial charge is 0.269 e. The van der Waals surface area contributed by atoms with Gasteiger partial charge in [-0.3, -0.25) is 14.9 Å². The number of nitrogens with two attached hydrogens (primary N) is 1. The molecule has 0 bridgehead atoms. The van der Waals surface area contributed by atoms with Crippen LogP contribution >= 0.6 is 12.4 Å². The zero-order chi connectivity index (χ0) is 14.5. The molecular weight excluding hydrogens is 294 g/mol. The van der Waals surface area contributed by atoms with E-state index in [0.29, 0.717) is 18.0 Å². The van der Waals surface area contributed by atoms with Crippen molar-refractivity contribution in [3.8, 4) is 0 Å². The summed E-state index contributed by atoms with van der Waals surface area (Å²) in [6.07, 6.45) is 4.25. The van der Waals surface area contributed by atoms with Crippen LogP contribution in [0.2, 0.25) is 0 Å². The third-order valence-corrected chi connectivity index (χ3v) is 3.87. The molecule has 0 aliphatic heterocycles. The van der Waals surface area contributed by atoms with Crippen LogP contribution < -0.4 is 11.1 Å². The predicted octanol–water partition coefficient (Wildman–Crippen LogP) is 2.26. The molecule has 1 saturated carbocycles. The van der Waals surface area contributed by atoms with E-state index in [4.69, 9.17) is 5.73 Å². The number of non-ortho nitro benzene ring substituents is 1. The fourth-order valence-corrected chi connectivity index (χ4v) is 2.67. The van der Waals surface area contributed by atoms with Gasteiger partial charge in [0.15, 0.2) is 0 Å². The Morgan fingerprint density at radius 2 is 1.90 bits per heavy atom. The second-order valence-electron chi connectivity index (χ2n) is 5.16. The Morgan fingerprint density at radius 1 is 1.29 bits per heavy atom. The first-order valence-corrected chi connectivity index (χ1v) is 6.87. The van der Waals surface area contributed by atoms with Crippen LogP contribution in [0.15, 0.2) is 24.3 Å². The molecule has 0 heterocycles. The zero-order valence-corrected chi connectivity index (χ0v) is 12.5. The lowest BCUT2D eigenvalue weighted by atomic mass is 9.84. The van der Waals surface area contributed by atoms with Crippen LogP contribution in [0.25, 0.3) is 0 Å². The average molecular weight is 314 g/mol. The van der Waals surface area contributed by atoms with Crippen LogP contribution in [0.4, 0.5) is 5.69 Å². The minimum Gasteiger partial charge on any atom is -0.349 e. The lowest BCUT2D eigenvalue weighted by Gasteiger charge is -2.31. The van der Waals surface area contributed by atoms with Crippen LogP contribution in [-0.4, -0.2) is 23.4 Å². The number of hydrogen-bond donors (Lipinski definition) is 2. The summed E-state index contributed by atoms with van der Waals surface area (Å²) < 4.78 is 0. The Bertz CT molecular complexity index is 493. The molecule has 1 aliphatic carbocycles. The largest absolute Gasteiger partial charge is 0.349 e. The van der Waals surface area contributed by atoms with Gasteiger partial charge in [-0.15, -0.1) is 12.4 Å². The molecule has 21 heavy (non-hydrogen) atoms. The molecule has 1 aliphatic rings. The average Bonchev–Trinajstić information content (AvgIpc) is 2.48. The minimum atomic E-state index is -0.479. The van der Waals surface area contributed by atoms with Gasteiger partial charge in [0.05, 0.1) is 4.92 Å². The summed E-state index contributed by atoms with van der Waals surface area (Å²) in [4.78, 5) is 22.2. The number of hydrogen-bond acceptors (Lipinski definition) is 4. The van der Waals surface area contributed by atoms with Gasteiger partial charge in [-0.1, -0.05) is 12.8 Å². The number of rotatable bonds is 4. The van der Waals surface area contributed by atoms with Gasteiger partial charge in [0.1, 0.15) is 0 Å². The van der Waals surface area contributed by atoms with Gasteiger partial charge in [-0.2, -0.15) is 0 Å². The number of benzene rings is 1. The Hall–Kier alpha value is -1.66. The molecule has 1 fully saturated rings. The topological polar surface area (TPSA) is 98.3 Å². The van der Waals surface area contributed by atoms with Crippen molar-refractivity contribution in [2.75, 3.05) is 6.54 Å². The molecule has 1 aromatic carbocycles. The van der Waals surface area contributed by atoms with E-state index in [1.807, 2.05) is 0 Å². The molecule has 0 spiro atoms. The van der Waals surface area contributed by atoms with E-state index in [-0.39, 0.29) is 30.0 Å². The number of nitro benzene ring substituents is 1. The number of nitrogens with zero attached hydrogens (tertiary/aromatic N) is 1. The molecule has 0 aromatic heterocycles. The normalized spacial score (nSPS) is 21.2. The van der Waals surface area contributed by atoms with Crippen molar-refractivity contribution >= 4 is 24.0 Å². The first kappa shape index (κ1) is 17.4. The molecule has 2 atom stereocenters. The van der Waals surface area contributed by atoms with E-state index in [0.717, 1.165) is 25.7 Å². The molecule has 0 radical (unpaired) electrons. The summed E-state index contributed by atoms with van der Waals surface area (Å²) in [6.45, 7) is 0.575. The standard InChI is InChI=1S/C14H19N3O3.ClH/c15-9-11-3-1-2-4-13(11)16-14(18)10-5-7-12(8-6-10)17(19)20;/h5-8,11,13H,1-4,9,15H2,(H,16,18);1H. The van der Waals surface area contributed by atoms with E-state index in [1.165, 1.54) is 24.3 Å². The molecular formula is C14H20ClN3O3. The van der Waals surface area contributed by atoms with Gasteiger partial charge >= 0.3 is 0 Å². The number of carbonyl (C=O) groups is 1. The Balaban J connectivity index is 0.00000220. The SMILES string of the molecule is Cl.NCC1CCCCC1NC(=O)c1ccc([N+](=O)[O-])cc1. The third kappa shape index (κ3) is 4.41. The highest BCUT2D eigenvalue weighted by Crippen LogP contribution is 2.24. The first-order chi connectivity index (χ1) is 9.61. The van der Waals surface area contributed by atoms with Crippen molar-refractivity contribution in [3.05, 3.63) is 39.9 Å². The maximum Gasteiger partial charge on any atom is 0.269 e. The van der Waals surface area contributed by atoms with Crippen molar-refractivity contribution < 1.29 is 9.72 Å². The van der Waals surface area contributed by atoms with Gasteiger partial charge in [-0.05, 0) is 37.4 Å². The Kier molecular flexibility index (Phi) is 6.58. The van der Waals surface area contributed by atoms with E-state index >= 15 is 0 Å². The quantitative estimate of drug-likeness (QED) is 0.658. The molecule has 6 nitrogen and oxygen atoms in total. The highest BCUT2D eigenvalue weighted by Gasteiger charge is 2.25. The van der Waals surface area contributed by atoms with Gasteiger partial charge in [0.2, 0.25) is 0 Å². The number of nitrogens with one attached hydrogen (secondary N) is 1. The van der Waals surface area contributed by atoms with Crippen molar-refractivity contribution in [1.82, 2.24) is 5.32 Å². The number of amides is 1. The molecule has 3 N–H and O–H groups in total. The Labute approximate surface area is 129 Å². The monoisotopic (exact) mass is 313 g/mol. The van der Waals surface area contributed by atoms with Gasteiger partial charge in [-0.25, -0.2) is 0 Å². The number of carbonyl (C=O) groups excluding carboxylic acids is 1. The van der Waals surface area contributed by atoms with Crippen LogP contribution in [0.1, 0.15) is 36.0 Å². The summed E-state index contributed by atoms with van der Waals surface area (Å²) in [7, 11) is 0. The maximum absolute atomic E-state index is 12.1. The molecule has 1 amide bonds. The third-order valence-electron chi connectivity index (χ3n) is 3.87. The molecule has 0 saturated heterocycles. The molecule has 2 rings (SSSR count). The summed E-state index contributed by atoms with van der Waals surface area (Å²) in [5.41, 5.74) is 6.16. The number of nitro groups is 1. The van der Waals surface area contributed by atoms with Gasteiger partial charge in [0.25, 0.3) is 11.6 Å². The minimum absolute atomic E-state index is 0. The summed E-state index contributed by atoms with van der Waals surface area (Å²) in [5.74, 6) is 0.135. The van der Waals surface area contributed by atoms with Crippen LogP contribution in [-0.2, 0) is 0 Å². The molecule has 116 valence electrons. The van der Waals surface area contributed by atoms with Crippen molar-refractivity contribution in [3.63, 3.8) is 0 Å². The van der Waals surface area contributed by atoms with Crippen LogP contribution in [0.3, 0.4) is 0 Å². The van der Waals surface area contributed by atoms with E-state index in [2.05, 4.69) is 5.32 Å². The van der Waals surface area contributed by atoms with Crippen molar-refractivity contribution in [2.45, 2.75) is 31.7 Å². The van der Waals surface area contributed by atoms with Crippen LogP contribution in [0.5, 0.6) is 0 Å². The maximum atomic E-state index is 12.1. The van der Waals surface area contributed by atoms with Gasteiger partial charge < -0.3 is 11.1 Å². The lowest BCUT2D eigenvalue weighted by Crippen LogP contribution is -2.44. The second-order valence-corrected chi connectivity index (χ2v) is 5.16. The lowest BCUT2D eigenvalue weighted by molar-refractivity contribution is -0.384. The number of halogens is 1. The molecule has 2 unspecified atom stereocenters. The van der Waals surface area contributed by atoms with E-state index in [1.54, 1.807) is 0 Å². The van der Waals surface area contributed by atoms with Crippen molar-refractivity contribution in [2.24, 2.45) is 11.7 Å². The fraction of sp³-hybridized carbons (Fsp3) is 0.500. The molecule has 7 heteroatoms. The molecule has 1 aromatic rings. The summed E-state index contributed by atoms with van der Waals surface area (Å²) in [6, 6.07) is 5.75. The zero-order valence-electron chi connectivity index (χ0n) is 11.7. The Morgan fingerprint density at radius 3 is 2.48 bits per heavy atom. The fourth-order valence-electron chi connectivity index (χ4n) is 2.67. The van der Waals surface area contributed by atoms with Crippen molar-refractivity contribution in [1.29, 1.82) is 0 Å². The summed E-state index contributed by atoms with van der Waals surface area (Å²) in [5, 5.41) is 13.6. The highest BCUT2D eigenvalue weighted by atomic mass is 35.5.